The van der Waals surface area contributed by atoms with Crippen molar-refractivity contribution < 1.29 is 0 Å². The molecule has 0 spiro atoms. The van der Waals surface area contributed by atoms with Crippen LogP contribution in [0.4, 0.5) is 0 Å². The summed E-state index contributed by atoms with van der Waals surface area (Å²) in [5.41, 5.74) is 1.19. The number of aryl methyl sites for hydroxylation is 1. The lowest BCUT2D eigenvalue weighted by Gasteiger charge is -2.12. The molecule has 15 heavy (non-hydrogen) atoms. The van der Waals surface area contributed by atoms with Crippen molar-refractivity contribution in [2.75, 3.05) is 7.05 Å². The van der Waals surface area contributed by atoms with Gasteiger partial charge in [-0.2, -0.15) is 0 Å². The molecular formula is C11H14N2S2. The Morgan fingerprint density at radius 3 is 2.87 bits per heavy atom. The van der Waals surface area contributed by atoms with Crippen LogP contribution in [0.2, 0.25) is 0 Å². The number of aromatic nitrogens is 1. The maximum absolute atomic E-state index is 4.49. The van der Waals surface area contributed by atoms with E-state index < -0.39 is 0 Å². The van der Waals surface area contributed by atoms with Crippen LogP contribution in [0.3, 0.4) is 0 Å². The first-order chi connectivity index (χ1) is 7.29. The highest BCUT2D eigenvalue weighted by atomic mass is 32.1. The van der Waals surface area contributed by atoms with Crippen molar-refractivity contribution in [3.05, 3.63) is 38.5 Å². The van der Waals surface area contributed by atoms with Gasteiger partial charge in [0.1, 0.15) is 0 Å². The number of rotatable bonds is 4. The zero-order valence-electron chi connectivity index (χ0n) is 8.86. The highest BCUT2D eigenvalue weighted by Gasteiger charge is 2.12. The highest BCUT2D eigenvalue weighted by molar-refractivity contribution is 7.10. The summed E-state index contributed by atoms with van der Waals surface area (Å²) in [5, 5.41) is 8.74. The Balaban J connectivity index is 2.09. The summed E-state index contributed by atoms with van der Waals surface area (Å²) in [6, 6.07) is 4.66. The average Bonchev–Trinajstić information content (AvgIpc) is 2.85. The molecule has 1 unspecified atom stereocenters. The zero-order valence-corrected chi connectivity index (χ0v) is 10.5. The minimum atomic E-state index is 0.395. The smallest absolute Gasteiger partial charge is 0.0897 e. The molecule has 2 aromatic heterocycles. The summed E-state index contributed by atoms with van der Waals surface area (Å²) in [6.07, 6.45) is 0.974. The molecule has 2 nitrogen and oxygen atoms in total. The number of thiophene rings is 1. The lowest BCUT2D eigenvalue weighted by atomic mass is 10.1. The van der Waals surface area contributed by atoms with Gasteiger partial charge in [0.25, 0.3) is 0 Å². The van der Waals surface area contributed by atoms with Crippen molar-refractivity contribution in [1.29, 1.82) is 0 Å². The summed E-state index contributed by atoms with van der Waals surface area (Å²) in [5.74, 6) is 0. The average molecular weight is 238 g/mol. The van der Waals surface area contributed by atoms with Gasteiger partial charge in [0, 0.05) is 22.7 Å². The van der Waals surface area contributed by atoms with Crippen molar-refractivity contribution in [3.63, 3.8) is 0 Å². The number of likely N-dealkylation sites (N-methyl/N-ethyl adjacent to an activating group) is 1. The van der Waals surface area contributed by atoms with Gasteiger partial charge in [-0.05, 0) is 25.4 Å². The first-order valence-electron chi connectivity index (χ1n) is 4.91. The maximum Gasteiger partial charge on any atom is 0.0897 e. The molecule has 2 aromatic rings. The van der Waals surface area contributed by atoms with Gasteiger partial charge in [-0.25, -0.2) is 4.98 Å². The van der Waals surface area contributed by atoms with Gasteiger partial charge < -0.3 is 5.32 Å². The van der Waals surface area contributed by atoms with Crippen LogP contribution in [0, 0.1) is 6.92 Å². The topological polar surface area (TPSA) is 24.9 Å². The lowest BCUT2D eigenvalue weighted by Crippen LogP contribution is -2.17. The Bertz CT molecular complexity index is 406. The van der Waals surface area contributed by atoms with E-state index in [-0.39, 0.29) is 0 Å². The third-order valence-corrected chi connectivity index (χ3v) is 4.12. The number of nitrogens with one attached hydrogen (secondary N) is 1. The van der Waals surface area contributed by atoms with E-state index >= 15 is 0 Å². The van der Waals surface area contributed by atoms with Gasteiger partial charge in [-0.15, -0.1) is 22.7 Å². The van der Waals surface area contributed by atoms with Gasteiger partial charge >= 0.3 is 0 Å². The van der Waals surface area contributed by atoms with E-state index in [1.807, 2.05) is 14.0 Å². The van der Waals surface area contributed by atoms with E-state index in [2.05, 4.69) is 33.2 Å². The number of nitrogens with zero attached hydrogens (tertiary/aromatic N) is 1. The Labute approximate surface area is 98.0 Å². The molecule has 0 saturated carbocycles. The summed E-state index contributed by atoms with van der Waals surface area (Å²) >= 11 is 3.51. The fraction of sp³-hybridized carbons (Fsp3) is 0.364. The van der Waals surface area contributed by atoms with Gasteiger partial charge in [-0.1, -0.05) is 6.07 Å². The molecule has 2 heterocycles. The molecule has 1 atom stereocenters. The predicted octanol–water partition coefficient (Wildman–Crippen LogP) is 3.02. The minimum Gasteiger partial charge on any atom is -0.312 e. The molecule has 4 heteroatoms. The van der Waals surface area contributed by atoms with Crippen molar-refractivity contribution in [2.45, 2.75) is 19.4 Å². The zero-order chi connectivity index (χ0) is 10.7. The molecular weight excluding hydrogens is 224 g/mol. The molecule has 0 amide bonds. The van der Waals surface area contributed by atoms with E-state index in [0.717, 1.165) is 11.4 Å². The molecule has 0 radical (unpaired) electrons. The number of hydrogen-bond donors (Lipinski definition) is 1. The van der Waals surface area contributed by atoms with Gasteiger partial charge in [0.2, 0.25) is 0 Å². The second-order valence-corrected chi connectivity index (χ2v) is 5.46. The van der Waals surface area contributed by atoms with E-state index in [4.69, 9.17) is 0 Å². The maximum atomic E-state index is 4.49. The minimum absolute atomic E-state index is 0.395. The molecule has 0 aromatic carbocycles. The summed E-state index contributed by atoms with van der Waals surface area (Å²) in [7, 11) is 2.00. The van der Waals surface area contributed by atoms with E-state index in [1.165, 1.54) is 10.6 Å². The molecule has 1 N–H and O–H groups in total. The fourth-order valence-electron chi connectivity index (χ4n) is 1.55. The van der Waals surface area contributed by atoms with Crippen LogP contribution in [-0.2, 0) is 6.42 Å². The predicted molar refractivity (Wildman–Crippen MR) is 66.7 cm³/mol. The van der Waals surface area contributed by atoms with Crippen LogP contribution in [0.15, 0.2) is 22.9 Å². The molecule has 0 fully saturated rings. The highest BCUT2D eigenvalue weighted by Crippen LogP contribution is 2.23. The first-order valence-corrected chi connectivity index (χ1v) is 6.67. The Kier molecular flexibility index (Phi) is 3.51. The van der Waals surface area contributed by atoms with Gasteiger partial charge in [-0.3, -0.25) is 0 Å². The lowest BCUT2D eigenvalue weighted by molar-refractivity contribution is 0.595. The molecule has 0 bridgehead atoms. The largest absolute Gasteiger partial charge is 0.312 e. The second-order valence-electron chi connectivity index (χ2n) is 3.42. The summed E-state index contributed by atoms with van der Waals surface area (Å²) < 4.78 is 0. The molecule has 0 aliphatic carbocycles. The first kappa shape index (κ1) is 10.8. The van der Waals surface area contributed by atoms with Crippen LogP contribution in [0.25, 0.3) is 0 Å². The third kappa shape index (κ3) is 2.65. The Morgan fingerprint density at radius 1 is 1.47 bits per heavy atom. The molecule has 0 saturated heterocycles. The van der Waals surface area contributed by atoms with Crippen LogP contribution in [0.5, 0.6) is 0 Å². The van der Waals surface area contributed by atoms with E-state index in [0.29, 0.717) is 6.04 Å². The Hall–Kier alpha value is -0.710. The van der Waals surface area contributed by atoms with Crippen molar-refractivity contribution in [1.82, 2.24) is 10.3 Å². The standard InChI is InChI=1S/C11H14N2S2/c1-8-13-9(7-15-8)6-10(12-2)11-4-3-5-14-11/h3-5,7,10,12H,6H2,1-2H3. The van der Waals surface area contributed by atoms with Crippen molar-refractivity contribution >= 4 is 22.7 Å². The van der Waals surface area contributed by atoms with Crippen LogP contribution in [0.1, 0.15) is 21.6 Å². The SMILES string of the molecule is CNC(Cc1csc(C)n1)c1cccs1. The van der Waals surface area contributed by atoms with Crippen LogP contribution < -0.4 is 5.32 Å². The van der Waals surface area contributed by atoms with Crippen molar-refractivity contribution in [3.8, 4) is 0 Å². The normalized spacial score (nSPS) is 12.9. The van der Waals surface area contributed by atoms with Crippen LogP contribution >= 0.6 is 22.7 Å². The molecule has 0 aliphatic heterocycles. The molecule has 0 aliphatic rings. The third-order valence-electron chi connectivity index (χ3n) is 2.31. The quantitative estimate of drug-likeness (QED) is 0.885. The molecule has 2 rings (SSSR count). The summed E-state index contributed by atoms with van der Waals surface area (Å²) in [6.45, 7) is 2.05. The van der Waals surface area contributed by atoms with Crippen LogP contribution in [-0.4, -0.2) is 12.0 Å². The Morgan fingerprint density at radius 2 is 2.33 bits per heavy atom. The number of hydrogen-bond acceptors (Lipinski definition) is 4. The van der Waals surface area contributed by atoms with Crippen molar-refractivity contribution in [2.24, 2.45) is 0 Å². The van der Waals surface area contributed by atoms with Gasteiger partial charge in [0.05, 0.1) is 10.7 Å². The second kappa shape index (κ2) is 4.88. The monoisotopic (exact) mass is 238 g/mol. The van der Waals surface area contributed by atoms with E-state index in [1.54, 1.807) is 22.7 Å². The molecule has 80 valence electrons. The fourth-order valence-corrected chi connectivity index (χ4v) is 3.01. The van der Waals surface area contributed by atoms with E-state index in [9.17, 15) is 0 Å². The summed E-state index contributed by atoms with van der Waals surface area (Å²) in [4.78, 5) is 5.87. The number of thiazole rings is 1. The van der Waals surface area contributed by atoms with Gasteiger partial charge in [0.15, 0.2) is 0 Å².